The van der Waals surface area contributed by atoms with Crippen LogP contribution in [0.1, 0.15) is 12.0 Å². The largest absolute Gasteiger partial charge is 0.395 e. The van der Waals surface area contributed by atoms with E-state index in [0.29, 0.717) is 11.8 Å². The molecule has 0 bridgehead atoms. The maximum atomic E-state index is 9.35. The lowest BCUT2D eigenvalue weighted by Crippen LogP contribution is -2.15. The molecule has 0 aliphatic heterocycles. The molecule has 1 aliphatic carbocycles. The van der Waals surface area contributed by atoms with E-state index in [-0.39, 0.29) is 12.0 Å². The first kappa shape index (κ1) is 9.04. The van der Waals surface area contributed by atoms with E-state index in [0.717, 1.165) is 6.42 Å². The summed E-state index contributed by atoms with van der Waals surface area (Å²) in [5, 5.41) is 9.35. The summed E-state index contributed by atoms with van der Waals surface area (Å²) < 4.78 is 0. The Balaban J connectivity index is 2.25. The molecule has 1 aromatic rings. The van der Waals surface area contributed by atoms with Gasteiger partial charge in [0.05, 0.1) is 6.61 Å². The average Bonchev–Trinajstić information content (AvgIpc) is 2.94. The highest BCUT2D eigenvalue weighted by atomic mass is 35.5. The lowest BCUT2D eigenvalue weighted by Gasteiger charge is -2.13. The molecule has 0 amide bonds. The van der Waals surface area contributed by atoms with Crippen molar-refractivity contribution < 1.29 is 5.11 Å². The third kappa shape index (κ3) is 1.36. The van der Waals surface area contributed by atoms with E-state index < -0.39 is 0 Å². The molecule has 1 fully saturated rings. The molecule has 2 heteroatoms. The predicted octanol–water partition coefficient (Wildman–Crippen LogP) is 2.18. The minimum Gasteiger partial charge on any atom is -0.395 e. The monoisotopic (exact) mass is 196 g/mol. The van der Waals surface area contributed by atoms with Gasteiger partial charge < -0.3 is 5.11 Å². The van der Waals surface area contributed by atoms with Crippen LogP contribution in [-0.2, 0) is 5.41 Å². The SMILES string of the molecule is OC[C@@]1(c2ccccc2)C[C@H]1CCl. The smallest absolute Gasteiger partial charge is 0.0531 e. The zero-order chi connectivity index (χ0) is 9.31. The summed E-state index contributed by atoms with van der Waals surface area (Å²) in [5.74, 6) is 1.11. The molecule has 70 valence electrons. The molecule has 0 saturated heterocycles. The van der Waals surface area contributed by atoms with Crippen LogP contribution in [0, 0.1) is 5.92 Å². The molecular weight excluding hydrogens is 184 g/mol. The van der Waals surface area contributed by atoms with Gasteiger partial charge in [-0.2, -0.15) is 0 Å². The van der Waals surface area contributed by atoms with Gasteiger partial charge in [0.2, 0.25) is 0 Å². The maximum Gasteiger partial charge on any atom is 0.0531 e. The van der Waals surface area contributed by atoms with Crippen LogP contribution in [-0.4, -0.2) is 17.6 Å². The molecule has 1 N–H and O–H groups in total. The first-order valence-electron chi connectivity index (χ1n) is 4.56. The van der Waals surface area contributed by atoms with Gasteiger partial charge in [-0.25, -0.2) is 0 Å². The van der Waals surface area contributed by atoms with Crippen molar-refractivity contribution in [1.82, 2.24) is 0 Å². The Morgan fingerprint density at radius 2 is 2.08 bits per heavy atom. The molecule has 13 heavy (non-hydrogen) atoms. The van der Waals surface area contributed by atoms with E-state index in [1.165, 1.54) is 5.56 Å². The van der Waals surface area contributed by atoms with Gasteiger partial charge in [-0.05, 0) is 17.9 Å². The Hall–Kier alpha value is -0.530. The molecule has 0 spiro atoms. The van der Waals surface area contributed by atoms with Crippen molar-refractivity contribution in [2.24, 2.45) is 5.92 Å². The van der Waals surface area contributed by atoms with Crippen molar-refractivity contribution in [3.63, 3.8) is 0 Å². The summed E-state index contributed by atoms with van der Waals surface area (Å²) in [6.45, 7) is 0.217. The number of alkyl halides is 1. The quantitative estimate of drug-likeness (QED) is 0.735. The third-order valence-corrected chi connectivity index (χ3v) is 3.42. The van der Waals surface area contributed by atoms with Crippen LogP contribution >= 0.6 is 11.6 Å². The van der Waals surface area contributed by atoms with Gasteiger partial charge >= 0.3 is 0 Å². The van der Waals surface area contributed by atoms with Crippen LogP contribution in [0.15, 0.2) is 30.3 Å². The number of halogens is 1. The van der Waals surface area contributed by atoms with Gasteiger partial charge in [0.1, 0.15) is 0 Å². The van der Waals surface area contributed by atoms with Crippen LogP contribution in [0.25, 0.3) is 0 Å². The third-order valence-electron chi connectivity index (χ3n) is 3.05. The maximum absolute atomic E-state index is 9.35. The number of aliphatic hydroxyl groups is 1. The molecule has 2 rings (SSSR count). The van der Waals surface area contributed by atoms with Gasteiger partial charge in [-0.1, -0.05) is 30.3 Å². The van der Waals surface area contributed by atoms with Crippen molar-refractivity contribution >= 4 is 11.6 Å². The van der Waals surface area contributed by atoms with Crippen LogP contribution in [0.5, 0.6) is 0 Å². The van der Waals surface area contributed by atoms with E-state index in [1.54, 1.807) is 0 Å². The number of benzene rings is 1. The minimum absolute atomic E-state index is 0.0248. The lowest BCUT2D eigenvalue weighted by atomic mass is 9.95. The fourth-order valence-electron chi connectivity index (χ4n) is 1.99. The molecule has 0 radical (unpaired) electrons. The van der Waals surface area contributed by atoms with Crippen molar-refractivity contribution in [1.29, 1.82) is 0 Å². The summed E-state index contributed by atoms with van der Waals surface area (Å²) in [4.78, 5) is 0. The fourth-order valence-corrected chi connectivity index (χ4v) is 2.40. The summed E-state index contributed by atoms with van der Waals surface area (Å²) in [7, 11) is 0. The van der Waals surface area contributed by atoms with Crippen LogP contribution < -0.4 is 0 Å². The number of rotatable bonds is 3. The molecule has 0 aromatic heterocycles. The first-order chi connectivity index (χ1) is 6.33. The molecule has 1 aromatic carbocycles. The second-order valence-electron chi connectivity index (χ2n) is 3.74. The topological polar surface area (TPSA) is 20.2 Å². The summed E-state index contributed by atoms with van der Waals surface area (Å²) in [5.41, 5.74) is 1.20. The van der Waals surface area contributed by atoms with Crippen molar-refractivity contribution in [3.8, 4) is 0 Å². The van der Waals surface area contributed by atoms with Gasteiger partial charge in [0.25, 0.3) is 0 Å². The van der Waals surface area contributed by atoms with Crippen molar-refractivity contribution in [2.75, 3.05) is 12.5 Å². The molecule has 1 nitrogen and oxygen atoms in total. The Morgan fingerprint density at radius 1 is 1.38 bits per heavy atom. The van der Waals surface area contributed by atoms with E-state index in [1.807, 2.05) is 18.2 Å². The summed E-state index contributed by atoms with van der Waals surface area (Å²) in [6.07, 6.45) is 1.02. The highest BCUT2D eigenvalue weighted by molar-refractivity contribution is 6.18. The molecule has 2 atom stereocenters. The van der Waals surface area contributed by atoms with Crippen molar-refractivity contribution in [3.05, 3.63) is 35.9 Å². The van der Waals surface area contributed by atoms with E-state index >= 15 is 0 Å². The van der Waals surface area contributed by atoms with Crippen LogP contribution in [0.4, 0.5) is 0 Å². The zero-order valence-electron chi connectivity index (χ0n) is 7.41. The van der Waals surface area contributed by atoms with Gasteiger partial charge in [0.15, 0.2) is 0 Å². The van der Waals surface area contributed by atoms with Crippen LogP contribution in [0.2, 0.25) is 0 Å². The first-order valence-corrected chi connectivity index (χ1v) is 5.09. The van der Waals surface area contributed by atoms with Gasteiger partial charge in [-0.3, -0.25) is 0 Å². The Labute approximate surface area is 83.3 Å². The fraction of sp³-hybridized carbons (Fsp3) is 0.455. The van der Waals surface area contributed by atoms with E-state index in [4.69, 9.17) is 11.6 Å². The summed E-state index contributed by atoms with van der Waals surface area (Å²) in [6, 6.07) is 10.2. The standard InChI is InChI=1S/C11H13ClO/c12-7-10-6-11(10,8-13)9-4-2-1-3-5-9/h1-5,10,13H,6-8H2/t10-,11+/m0/s1. The normalized spacial score (nSPS) is 31.7. The molecular formula is C11H13ClO. The Kier molecular flexibility index (Phi) is 2.31. The second kappa shape index (κ2) is 3.32. The highest BCUT2D eigenvalue weighted by Gasteiger charge is 2.53. The number of hydrogen-bond acceptors (Lipinski definition) is 1. The second-order valence-corrected chi connectivity index (χ2v) is 4.04. The lowest BCUT2D eigenvalue weighted by molar-refractivity contribution is 0.247. The molecule has 1 aliphatic rings. The summed E-state index contributed by atoms with van der Waals surface area (Å²) >= 11 is 5.80. The van der Waals surface area contributed by atoms with Gasteiger partial charge in [0, 0.05) is 11.3 Å². The predicted molar refractivity (Wildman–Crippen MR) is 54.0 cm³/mol. The highest BCUT2D eigenvalue weighted by Crippen LogP contribution is 2.54. The van der Waals surface area contributed by atoms with E-state index in [2.05, 4.69) is 12.1 Å². The van der Waals surface area contributed by atoms with Gasteiger partial charge in [-0.15, -0.1) is 11.6 Å². The number of aliphatic hydroxyl groups excluding tert-OH is 1. The van der Waals surface area contributed by atoms with Crippen LogP contribution in [0.3, 0.4) is 0 Å². The average molecular weight is 197 g/mol. The Morgan fingerprint density at radius 3 is 2.54 bits per heavy atom. The minimum atomic E-state index is -0.0248. The molecule has 1 saturated carbocycles. The number of hydrogen-bond donors (Lipinski definition) is 1. The molecule has 0 heterocycles. The van der Waals surface area contributed by atoms with Crippen molar-refractivity contribution in [2.45, 2.75) is 11.8 Å². The zero-order valence-corrected chi connectivity index (χ0v) is 8.17. The molecule has 0 unspecified atom stereocenters. The van der Waals surface area contributed by atoms with E-state index in [9.17, 15) is 5.11 Å². The Bertz CT molecular complexity index is 285.